The van der Waals surface area contributed by atoms with Gasteiger partial charge < -0.3 is 5.32 Å². The lowest BCUT2D eigenvalue weighted by Gasteiger charge is -2.04. The van der Waals surface area contributed by atoms with E-state index in [1.54, 1.807) is 10.7 Å². The summed E-state index contributed by atoms with van der Waals surface area (Å²) in [5.74, 6) is -0.188. The lowest BCUT2D eigenvalue weighted by atomic mass is 10.2. The molecule has 0 radical (unpaired) electrons. The zero-order valence-corrected chi connectivity index (χ0v) is 12.3. The molecule has 0 spiro atoms. The van der Waals surface area contributed by atoms with Crippen molar-refractivity contribution in [3.63, 3.8) is 0 Å². The minimum absolute atomic E-state index is 0.188. The first-order chi connectivity index (χ1) is 10.1. The van der Waals surface area contributed by atoms with E-state index >= 15 is 0 Å². The molecule has 0 unspecified atom stereocenters. The molecule has 1 aromatic heterocycles. The molecule has 0 aliphatic carbocycles. The summed E-state index contributed by atoms with van der Waals surface area (Å²) in [5, 5.41) is 8.68. The minimum atomic E-state index is -0.188. The molecule has 0 atom stereocenters. The van der Waals surface area contributed by atoms with Crippen molar-refractivity contribution in [2.75, 3.05) is 0 Å². The van der Waals surface area contributed by atoms with Crippen molar-refractivity contribution in [2.45, 2.75) is 6.54 Å². The number of para-hydroxylation sites is 1. The van der Waals surface area contributed by atoms with Gasteiger partial charge in [-0.1, -0.05) is 41.9 Å². The fourth-order valence-electron chi connectivity index (χ4n) is 2.29. The number of fused-ring (bicyclic) bond motifs is 1. The van der Waals surface area contributed by atoms with Gasteiger partial charge in [-0.25, -0.2) is 0 Å². The number of aryl methyl sites for hydroxylation is 1. The second-order valence-electron chi connectivity index (χ2n) is 4.80. The highest BCUT2D eigenvalue weighted by Gasteiger charge is 2.15. The van der Waals surface area contributed by atoms with Crippen LogP contribution in [0, 0.1) is 0 Å². The van der Waals surface area contributed by atoms with Crippen LogP contribution in [0.2, 0.25) is 5.02 Å². The first-order valence-electron chi connectivity index (χ1n) is 6.59. The van der Waals surface area contributed by atoms with Gasteiger partial charge in [-0.15, -0.1) is 0 Å². The number of halogens is 1. The SMILES string of the molecule is Cn1nc(C(=O)NCc2cccc(Cl)c2)c2ccccc21. The molecule has 2 aromatic carbocycles. The Morgan fingerprint density at radius 3 is 2.86 bits per heavy atom. The Labute approximate surface area is 127 Å². The zero-order chi connectivity index (χ0) is 14.8. The number of aromatic nitrogens is 2. The highest BCUT2D eigenvalue weighted by atomic mass is 35.5. The van der Waals surface area contributed by atoms with Crippen molar-refractivity contribution in [2.24, 2.45) is 7.05 Å². The van der Waals surface area contributed by atoms with E-state index < -0.39 is 0 Å². The highest BCUT2D eigenvalue weighted by molar-refractivity contribution is 6.30. The molecule has 0 saturated carbocycles. The van der Waals surface area contributed by atoms with Gasteiger partial charge in [-0.3, -0.25) is 9.48 Å². The van der Waals surface area contributed by atoms with Crippen molar-refractivity contribution in [3.05, 3.63) is 64.8 Å². The number of amides is 1. The molecule has 106 valence electrons. The minimum Gasteiger partial charge on any atom is -0.347 e. The summed E-state index contributed by atoms with van der Waals surface area (Å²) in [4.78, 5) is 12.3. The third-order valence-corrected chi connectivity index (χ3v) is 3.55. The number of nitrogens with zero attached hydrogens (tertiary/aromatic N) is 2. The number of benzene rings is 2. The lowest BCUT2D eigenvalue weighted by Crippen LogP contribution is -2.23. The van der Waals surface area contributed by atoms with Gasteiger partial charge in [0.25, 0.3) is 5.91 Å². The van der Waals surface area contributed by atoms with Crippen LogP contribution < -0.4 is 5.32 Å². The number of nitrogens with one attached hydrogen (secondary N) is 1. The molecule has 0 bridgehead atoms. The predicted molar refractivity (Wildman–Crippen MR) is 83.3 cm³/mol. The van der Waals surface area contributed by atoms with Crippen LogP contribution in [0.1, 0.15) is 16.1 Å². The number of rotatable bonds is 3. The normalized spacial score (nSPS) is 10.8. The van der Waals surface area contributed by atoms with Crippen LogP contribution in [0.15, 0.2) is 48.5 Å². The Balaban J connectivity index is 1.81. The van der Waals surface area contributed by atoms with E-state index in [9.17, 15) is 4.79 Å². The molecule has 0 aliphatic rings. The number of hydrogen-bond donors (Lipinski definition) is 1. The first kappa shape index (κ1) is 13.6. The van der Waals surface area contributed by atoms with E-state index in [0.717, 1.165) is 16.5 Å². The lowest BCUT2D eigenvalue weighted by molar-refractivity contribution is 0.0947. The maximum atomic E-state index is 12.3. The molecule has 1 amide bonds. The van der Waals surface area contributed by atoms with Crippen LogP contribution in [0.3, 0.4) is 0 Å². The fourth-order valence-corrected chi connectivity index (χ4v) is 2.51. The van der Waals surface area contributed by atoms with E-state index in [0.29, 0.717) is 17.3 Å². The molecular weight excluding hydrogens is 286 g/mol. The van der Waals surface area contributed by atoms with Crippen molar-refractivity contribution < 1.29 is 4.79 Å². The maximum Gasteiger partial charge on any atom is 0.272 e. The molecule has 0 aliphatic heterocycles. The summed E-state index contributed by atoms with van der Waals surface area (Å²) < 4.78 is 1.71. The fraction of sp³-hybridized carbons (Fsp3) is 0.125. The van der Waals surface area contributed by atoms with Crippen LogP contribution in [0.5, 0.6) is 0 Å². The van der Waals surface area contributed by atoms with Gasteiger partial charge in [0.2, 0.25) is 0 Å². The highest BCUT2D eigenvalue weighted by Crippen LogP contribution is 2.17. The Bertz CT molecular complexity index is 810. The van der Waals surface area contributed by atoms with Crippen LogP contribution in [0.4, 0.5) is 0 Å². The number of carbonyl (C=O) groups is 1. The second kappa shape index (κ2) is 5.58. The van der Waals surface area contributed by atoms with Gasteiger partial charge in [0, 0.05) is 24.0 Å². The van der Waals surface area contributed by atoms with E-state index in [1.807, 2.05) is 49.5 Å². The Morgan fingerprint density at radius 1 is 1.24 bits per heavy atom. The summed E-state index contributed by atoms with van der Waals surface area (Å²) in [5.41, 5.74) is 2.33. The van der Waals surface area contributed by atoms with E-state index in [2.05, 4.69) is 10.4 Å². The third kappa shape index (κ3) is 2.76. The van der Waals surface area contributed by atoms with Crippen LogP contribution in [-0.2, 0) is 13.6 Å². The summed E-state index contributed by atoms with van der Waals surface area (Å²) in [6, 6.07) is 15.1. The predicted octanol–water partition coefficient (Wildman–Crippen LogP) is 3.16. The van der Waals surface area contributed by atoms with Gasteiger partial charge in [-0.05, 0) is 23.8 Å². The standard InChI is InChI=1S/C16H14ClN3O/c1-20-14-8-3-2-7-13(14)15(19-20)16(21)18-10-11-5-4-6-12(17)9-11/h2-9H,10H2,1H3,(H,18,21). The quantitative estimate of drug-likeness (QED) is 0.807. The monoisotopic (exact) mass is 299 g/mol. The molecule has 4 nitrogen and oxygen atoms in total. The van der Waals surface area contributed by atoms with E-state index in [1.165, 1.54) is 0 Å². The van der Waals surface area contributed by atoms with E-state index in [4.69, 9.17) is 11.6 Å². The Morgan fingerprint density at radius 2 is 2.05 bits per heavy atom. The van der Waals surface area contributed by atoms with Crippen molar-refractivity contribution >= 4 is 28.4 Å². The van der Waals surface area contributed by atoms with Crippen molar-refractivity contribution in [3.8, 4) is 0 Å². The average molecular weight is 300 g/mol. The summed E-state index contributed by atoms with van der Waals surface area (Å²) >= 11 is 5.93. The van der Waals surface area contributed by atoms with Crippen LogP contribution in [-0.4, -0.2) is 15.7 Å². The van der Waals surface area contributed by atoms with Crippen LogP contribution >= 0.6 is 11.6 Å². The maximum absolute atomic E-state index is 12.3. The van der Waals surface area contributed by atoms with Crippen molar-refractivity contribution in [1.82, 2.24) is 15.1 Å². The van der Waals surface area contributed by atoms with Gasteiger partial charge in [-0.2, -0.15) is 5.10 Å². The smallest absolute Gasteiger partial charge is 0.272 e. The van der Waals surface area contributed by atoms with Gasteiger partial charge >= 0.3 is 0 Å². The second-order valence-corrected chi connectivity index (χ2v) is 5.24. The van der Waals surface area contributed by atoms with Gasteiger partial charge in [0.05, 0.1) is 5.52 Å². The topological polar surface area (TPSA) is 46.9 Å². The van der Waals surface area contributed by atoms with Gasteiger partial charge in [0.1, 0.15) is 0 Å². The summed E-state index contributed by atoms with van der Waals surface area (Å²) in [6.45, 7) is 0.421. The summed E-state index contributed by atoms with van der Waals surface area (Å²) in [6.07, 6.45) is 0. The largest absolute Gasteiger partial charge is 0.347 e. The van der Waals surface area contributed by atoms with Crippen molar-refractivity contribution in [1.29, 1.82) is 0 Å². The summed E-state index contributed by atoms with van der Waals surface area (Å²) in [7, 11) is 1.83. The zero-order valence-electron chi connectivity index (χ0n) is 11.5. The molecule has 3 rings (SSSR count). The Hall–Kier alpha value is -2.33. The van der Waals surface area contributed by atoms with E-state index in [-0.39, 0.29) is 5.91 Å². The molecule has 1 heterocycles. The Kier molecular flexibility index (Phi) is 3.62. The number of carbonyl (C=O) groups excluding carboxylic acids is 1. The molecular formula is C16H14ClN3O. The number of hydrogen-bond acceptors (Lipinski definition) is 2. The molecule has 5 heteroatoms. The third-order valence-electron chi connectivity index (χ3n) is 3.31. The molecule has 0 fully saturated rings. The molecule has 3 aromatic rings. The molecule has 1 N–H and O–H groups in total. The van der Waals surface area contributed by atoms with Crippen LogP contribution in [0.25, 0.3) is 10.9 Å². The average Bonchev–Trinajstić information content (AvgIpc) is 2.83. The first-order valence-corrected chi connectivity index (χ1v) is 6.97. The molecule has 0 saturated heterocycles. The molecule has 21 heavy (non-hydrogen) atoms. The van der Waals surface area contributed by atoms with Gasteiger partial charge in [0.15, 0.2) is 5.69 Å².